The zero-order valence-electron chi connectivity index (χ0n) is 11.0. The van der Waals surface area contributed by atoms with Gasteiger partial charge in [0.1, 0.15) is 11.5 Å². The largest absolute Gasteiger partial charge is 0.586 e. The Bertz CT molecular complexity index is 505. The summed E-state index contributed by atoms with van der Waals surface area (Å²) < 4.78 is 27.6. The molecule has 5 heteroatoms. The number of allylic oxidation sites excluding steroid dienone is 5. The minimum absolute atomic E-state index is 0.416. The van der Waals surface area contributed by atoms with Crippen LogP contribution in [0.1, 0.15) is 6.92 Å². The van der Waals surface area contributed by atoms with Gasteiger partial charge in [0.15, 0.2) is 0 Å². The first-order valence-electron chi connectivity index (χ1n) is 5.65. The maximum atomic E-state index is 12.2. The molecule has 0 spiro atoms. The molecule has 0 fully saturated rings. The van der Waals surface area contributed by atoms with Crippen LogP contribution in [0.4, 0.5) is 0 Å². The van der Waals surface area contributed by atoms with Crippen molar-refractivity contribution in [2.45, 2.75) is 6.92 Å². The van der Waals surface area contributed by atoms with Crippen molar-refractivity contribution in [3.05, 3.63) is 67.0 Å². The van der Waals surface area contributed by atoms with Gasteiger partial charge in [0, 0.05) is 7.11 Å². The molecule has 0 aliphatic heterocycles. The fraction of sp³-hybridized carbons (Fsp3) is 0.143. The molecule has 1 rings (SSSR count). The van der Waals surface area contributed by atoms with Crippen LogP contribution in [0.2, 0.25) is 0 Å². The smallest absolute Gasteiger partial charge is 0.400 e. The van der Waals surface area contributed by atoms with Crippen LogP contribution in [0.5, 0.6) is 5.75 Å². The first-order chi connectivity index (χ1) is 9.09. The summed E-state index contributed by atoms with van der Waals surface area (Å²) in [5, 5.41) is 0. The van der Waals surface area contributed by atoms with Crippen molar-refractivity contribution in [1.82, 2.24) is 0 Å². The van der Waals surface area contributed by atoms with Crippen molar-refractivity contribution in [2.75, 3.05) is 7.11 Å². The van der Waals surface area contributed by atoms with E-state index in [-0.39, 0.29) is 0 Å². The molecule has 0 heterocycles. The van der Waals surface area contributed by atoms with Crippen molar-refractivity contribution in [2.24, 2.45) is 0 Å². The molecule has 0 amide bonds. The number of phosphoric acid groups is 1. The van der Waals surface area contributed by atoms with Crippen molar-refractivity contribution in [3.8, 4) is 5.75 Å². The zero-order valence-corrected chi connectivity index (χ0v) is 11.9. The maximum absolute atomic E-state index is 12.2. The Morgan fingerprint density at radius 2 is 1.95 bits per heavy atom. The van der Waals surface area contributed by atoms with Crippen LogP contribution < -0.4 is 4.52 Å². The third-order valence-corrected chi connectivity index (χ3v) is 3.41. The lowest BCUT2D eigenvalue weighted by Gasteiger charge is -2.17. The molecular formula is C14H17O4P. The van der Waals surface area contributed by atoms with Gasteiger partial charge in [-0.25, -0.2) is 4.57 Å². The summed E-state index contributed by atoms with van der Waals surface area (Å²) in [5.74, 6) is 0.835. The van der Waals surface area contributed by atoms with Crippen LogP contribution in [0.25, 0.3) is 0 Å². The molecule has 0 saturated carbocycles. The van der Waals surface area contributed by atoms with E-state index in [1.54, 1.807) is 55.5 Å². The molecule has 0 N–H and O–H groups in total. The molecule has 102 valence electrons. The van der Waals surface area contributed by atoms with Gasteiger partial charge in [-0.15, -0.1) is 0 Å². The van der Waals surface area contributed by atoms with Gasteiger partial charge < -0.3 is 9.05 Å². The Morgan fingerprint density at radius 3 is 2.53 bits per heavy atom. The lowest BCUT2D eigenvalue weighted by atomic mass is 10.3. The second-order valence-electron chi connectivity index (χ2n) is 3.52. The van der Waals surface area contributed by atoms with E-state index in [4.69, 9.17) is 13.6 Å². The number of rotatable bonds is 7. The fourth-order valence-corrected chi connectivity index (χ4v) is 2.16. The zero-order chi connectivity index (χ0) is 14.1. The molecule has 0 radical (unpaired) electrons. The van der Waals surface area contributed by atoms with Crippen LogP contribution in [-0.2, 0) is 13.6 Å². The molecule has 0 aliphatic rings. The van der Waals surface area contributed by atoms with Crippen molar-refractivity contribution in [3.63, 3.8) is 0 Å². The molecule has 0 aromatic heterocycles. The van der Waals surface area contributed by atoms with E-state index in [1.165, 1.54) is 7.11 Å². The number of benzene rings is 1. The molecule has 0 aliphatic carbocycles. The third-order valence-electron chi connectivity index (χ3n) is 2.02. The second-order valence-corrected chi connectivity index (χ2v) is 5.15. The molecule has 0 saturated heterocycles. The summed E-state index contributed by atoms with van der Waals surface area (Å²) in [7, 11) is -2.38. The Morgan fingerprint density at radius 1 is 1.26 bits per heavy atom. The highest BCUT2D eigenvalue weighted by Gasteiger charge is 2.28. The van der Waals surface area contributed by atoms with Crippen LogP contribution in [0, 0.1) is 0 Å². The van der Waals surface area contributed by atoms with Crippen LogP contribution in [0.3, 0.4) is 0 Å². The number of hydrogen-bond acceptors (Lipinski definition) is 4. The Labute approximate surface area is 113 Å². The Hall–Kier alpha value is -1.77. The summed E-state index contributed by atoms with van der Waals surface area (Å²) in [6.07, 6.45) is 6.70. The average Bonchev–Trinajstić information content (AvgIpc) is 2.40. The minimum atomic E-state index is -3.65. The van der Waals surface area contributed by atoms with Gasteiger partial charge in [0.25, 0.3) is 0 Å². The third kappa shape index (κ3) is 5.60. The summed E-state index contributed by atoms with van der Waals surface area (Å²) in [4.78, 5) is 0. The maximum Gasteiger partial charge on any atom is 0.586 e. The average molecular weight is 280 g/mol. The number of para-hydroxylation sites is 1. The summed E-state index contributed by atoms with van der Waals surface area (Å²) in [5.41, 5.74) is 0. The number of phosphoric ester groups is 1. The van der Waals surface area contributed by atoms with E-state index in [0.29, 0.717) is 11.5 Å². The highest BCUT2D eigenvalue weighted by molar-refractivity contribution is 7.49. The normalized spacial score (nSPS) is 14.9. The quantitative estimate of drug-likeness (QED) is 0.419. The molecule has 0 bridgehead atoms. The monoisotopic (exact) mass is 280 g/mol. The van der Waals surface area contributed by atoms with Gasteiger partial charge in [-0.05, 0) is 25.1 Å². The lowest BCUT2D eigenvalue weighted by molar-refractivity contribution is 0.217. The molecular weight excluding hydrogens is 263 g/mol. The van der Waals surface area contributed by atoms with E-state index < -0.39 is 7.82 Å². The van der Waals surface area contributed by atoms with Crippen LogP contribution >= 0.6 is 7.82 Å². The molecule has 19 heavy (non-hydrogen) atoms. The van der Waals surface area contributed by atoms with Crippen molar-refractivity contribution in [1.29, 1.82) is 0 Å². The van der Waals surface area contributed by atoms with Crippen molar-refractivity contribution < 1.29 is 18.1 Å². The van der Waals surface area contributed by atoms with E-state index >= 15 is 0 Å². The summed E-state index contributed by atoms with van der Waals surface area (Å²) >= 11 is 0. The molecule has 1 aromatic rings. The second kappa shape index (κ2) is 7.62. The lowest BCUT2D eigenvalue weighted by Crippen LogP contribution is -1.99. The molecule has 4 nitrogen and oxygen atoms in total. The van der Waals surface area contributed by atoms with Crippen LogP contribution in [-0.4, -0.2) is 7.11 Å². The van der Waals surface area contributed by atoms with E-state index in [1.807, 2.05) is 6.07 Å². The first kappa shape index (κ1) is 15.3. The molecule has 1 unspecified atom stereocenters. The Balaban J connectivity index is 2.75. The van der Waals surface area contributed by atoms with Gasteiger partial charge in [-0.3, -0.25) is 4.52 Å². The predicted octanol–water partition coefficient (Wildman–Crippen LogP) is 4.48. The Kier molecular flexibility index (Phi) is 6.13. The van der Waals surface area contributed by atoms with Gasteiger partial charge in [0.05, 0.1) is 0 Å². The highest BCUT2D eigenvalue weighted by atomic mass is 31.2. The highest BCUT2D eigenvalue weighted by Crippen LogP contribution is 2.50. The molecule has 1 atom stereocenters. The van der Waals surface area contributed by atoms with E-state index in [0.717, 1.165) is 0 Å². The van der Waals surface area contributed by atoms with Gasteiger partial charge in [-0.2, -0.15) is 0 Å². The van der Waals surface area contributed by atoms with Crippen LogP contribution in [0.15, 0.2) is 67.0 Å². The summed E-state index contributed by atoms with van der Waals surface area (Å²) in [6.45, 7) is 5.20. The van der Waals surface area contributed by atoms with Gasteiger partial charge >= 0.3 is 7.82 Å². The number of hydrogen-bond donors (Lipinski definition) is 0. The first-order valence-corrected chi connectivity index (χ1v) is 7.11. The van der Waals surface area contributed by atoms with Crippen molar-refractivity contribution >= 4 is 7.82 Å². The van der Waals surface area contributed by atoms with E-state index in [2.05, 4.69) is 6.58 Å². The summed E-state index contributed by atoms with van der Waals surface area (Å²) in [6, 6.07) is 8.71. The predicted molar refractivity (Wildman–Crippen MR) is 75.9 cm³/mol. The molecule has 1 aromatic carbocycles. The minimum Gasteiger partial charge on any atom is -0.400 e. The topological polar surface area (TPSA) is 44.8 Å². The van der Waals surface area contributed by atoms with Gasteiger partial charge in [0.2, 0.25) is 0 Å². The van der Waals surface area contributed by atoms with E-state index in [9.17, 15) is 4.57 Å². The fourth-order valence-electron chi connectivity index (χ4n) is 1.18. The SMILES string of the molecule is C=C/C=C\C=C(/C)OP(=O)(OC)Oc1ccccc1. The standard InChI is InChI=1S/C14H17O4P/c1-4-5-7-10-13(2)17-19(15,16-3)18-14-11-8-6-9-12-14/h4-12H,1H2,2-3H3/b7-5-,13-10+. The van der Waals surface area contributed by atoms with Gasteiger partial charge in [-0.1, -0.05) is 43.0 Å².